The van der Waals surface area contributed by atoms with Crippen LogP contribution in [0.2, 0.25) is 0 Å². The summed E-state index contributed by atoms with van der Waals surface area (Å²) in [6.45, 7) is 6.08. The van der Waals surface area contributed by atoms with E-state index in [0.29, 0.717) is 6.54 Å². The molecule has 1 heterocycles. The lowest BCUT2D eigenvalue weighted by molar-refractivity contribution is -0.384. The van der Waals surface area contributed by atoms with Gasteiger partial charge in [0, 0.05) is 43.2 Å². The number of ether oxygens (including phenoxy) is 1. The summed E-state index contributed by atoms with van der Waals surface area (Å²) < 4.78 is 5.58. The Morgan fingerprint density at radius 2 is 2.03 bits per heavy atom. The normalized spacial score (nSPS) is 17.1. The SMILES string of the molecule is CC1CN(Cc2cccc(CNC(=O)CSc3ccc([N+](=O)[O-])cc3)c2)CCO1. The van der Waals surface area contributed by atoms with Crippen LogP contribution in [0.15, 0.2) is 53.4 Å². The van der Waals surface area contributed by atoms with Gasteiger partial charge in [0.1, 0.15) is 0 Å². The highest BCUT2D eigenvalue weighted by atomic mass is 32.2. The number of nitrogens with zero attached hydrogens (tertiary/aromatic N) is 2. The average molecular weight is 416 g/mol. The van der Waals surface area contributed by atoms with Gasteiger partial charge in [-0.1, -0.05) is 24.3 Å². The fraction of sp³-hybridized carbons (Fsp3) is 0.381. The summed E-state index contributed by atoms with van der Waals surface area (Å²) in [5, 5.41) is 13.6. The van der Waals surface area contributed by atoms with Crippen LogP contribution in [-0.2, 0) is 22.6 Å². The molecule has 2 aromatic carbocycles. The topological polar surface area (TPSA) is 84.7 Å². The summed E-state index contributed by atoms with van der Waals surface area (Å²) in [6, 6.07) is 14.5. The van der Waals surface area contributed by atoms with E-state index in [-0.39, 0.29) is 23.5 Å². The van der Waals surface area contributed by atoms with Crippen LogP contribution in [-0.4, -0.2) is 47.3 Å². The van der Waals surface area contributed by atoms with Gasteiger partial charge in [-0.15, -0.1) is 11.8 Å². The maximum absolute atomic E-state index is 12.1. The number of morpholine rings is 1. The van der Waals surface area contributed by atoms with Crippen molar-refractivity contribution >= 4 is 23.4 Å². The zero-order valence-corrected chi connectivity index (χ0v) is 17.2. The van der Waals surface area contributed by atoms with Gasteiger partial charge in [-0.2, -0.15) is 0 Å². The molecule has 7 nitrogen and oxygen atoms in total. The van der Waals surface area contributed by atoms with Gasteiger partial charge in [0.2, 0.25) is 5.91 Å². The molecule has 1 aliphatic rings. The summed E-state index contributed by atoms with van der Waals surface area (Å²) in [4.78, 5) is 25.6. The van der Waals surface area contributed by atoms with Crippen LogP contribution < -0.4 is 5.32 Å². The molecule has 0 radical (unpaired) electrons. The van der Waals surface area contributed by atoms with Gasteiger partial charge in [-0.05, 0) is 30.2 Å². The lowest BCUT2D eigenvalue weighted by atomic mass is 10.1. The Labute approximate surface area is 174 Å². The molecule has 154 valence electrons. The van der Waals surface area contributed by atoms with E-state index >= 15 is 0 Å². The molecule has 0 bridgehead atoms. The van der Waals surface area contributed by atoms with E-state index in [4.69, 9.17) is 4.74 Å². The molecule has 8 heteroatoms. The van der Waals surface area contributed by atoms with Crippen molar-refractivity contribution in [3.63, 3.8) is 0 Å². The minimum atomic E-state index is -0.436. The first-order valence-corrected chi connectivity index (χ1v) is 10.5. The molecule has 1 N–H and O–H groups in total. The van der Waals surface area contributed by atoms with Crippen LogP contribution in [0.5, 0.6) is 0 Å². The third-order valence-corrected chi connectivity index (χ3v) is 5.64. The van der Waals surface area contributed by atoms with Gasteiger partial charge in [-0.25, -0.2) is 0 Å². The zero-order valence-electron chi connectivity index (χ0n) is 16.4. The molecule has 1 atom stereocenters. The summed E-state index contributed by atoms with van der Waals surface area (Å²) in [5.41, 5.74) is 2.34. The molecule has 0 spiro atoms. The second kappa shape index (κ2) is 10.4. The van der Waals surface area contributed by atoms with E-state index in [9.17, 15) is 14.9 Å². The number of thioether (sulfide) groups is 1. The van der Waals surface area contributed by atoms with Crippen LogP contribution in [0.1, 0.15) is 18.1 Å². The molecular weight excluding hydrogens is 390 g/mol. The Morgan fingerprint density at radius 1 is 1.28 bits per heavy atom. The number of hydrogen-bond donors (Lipinski definition) is 1. The van der Waals surface area contributed by atoms with Crippen molar-refractivity contribution in [2.24, 2.45) is 0 Å². The molecule has 1 fully saturated rings. The maximum Gasteiger partial charge on any atom is 0.269 e. The van der Waals surface area contributed by atoms with Crippen LogP contribution in [0.25, 0.3) is 0 Å². The highest BCUT2D eigenvalue weighted by Gasteiger charge is 2.16. The average Bonchev–Trinajstić information content (AvgIpc) is 2.71. The van der Waals surface area contributed by atoms with Crippen molar-refractivity contribution in [3.8, 4) is 0 Å². The Hall–Kier alpha value is -2.42. The van der Waals surface area contributed by atoms with Crippen LogP contribution in [0.3, 0.4) is 0 Å². The second-order valence-electron chi connectivity index (χ2n) is 7.05. The largest absolute Gasteiger partial charge is 0.376 e. The number of benzene rings is 2. The van der Waals surface area contributed by atoms with Gasteiger partial charge in [0.25, 0.3) is 5.69 Å². The van der Waals surface area contributed by atoms with Gasteiger partial charge in [0.15, 0.2) is 0 Å². The molecule has 1 saturated heterocycles. The number of carbonyl (C=O) groups is 1. The fourth-order valence-electron chi connectivity index (χ4n) is 3.19. The monoisotopic (exact) mass is 415 g/mol. The summed E-state index contributed by atoms with van der Waals surface area (Å²) in [7, 11) is 0. The Balaban J connectivity index is 1.44. The second-order valence-corrected chi connectivity index (χ2v) is 8.10. The Morgan fingerprint density at radius 3 is 2.76 bits per heavy atom. The number of nitro benzene ring substituents is 1. The number of nitro groups is 1. The molecule has 2 aromatic rings. The zero-order chi connectivity index (χ0) is 20.6. The standard InChI is InChI=1S/C21H25N3O4S/c1-16-13-23(9-10-28-16)14-18-4-2-3-17(11-18)12-22-21(25)15-29-20-7-5-19(6-8-20)24(26)27/h2-8,11,16H,9-10,12-15H2,1H3,(H,22,25). The van der Waals surface area contributed by atoms with Crippen molar-refractivity contribution in [2.45, 2.75) is 31.0 Å². The first-order chi connectivity index (χ1) is 14.0. The number of rotatable bonds is 8. The minimum absolute atomic E-state index is 0.0465. The van der Waals surface area contributed by atoms with Gasteiger partial charge < -0.3 is 10.1 Å². The quantitative estimate of drug-likeness (QED) is 0.405. The van der Waals surface area contributed by atoms with Crippen LogP contribution in [0, 0.1) is 10.1 Å². The van der Waals surface area contributed by atoms with E-state index in [1.807, 2.05) is 12.1 Å². The summed E-state index contributed by atoms with van der Waals surface area (Å²) >= 11 is 1.36. The number of amides is 1. The van der Waals surface area contributed by atoms with E-state index in [0.717, 1.165) is 36.7 Å². The number of hydrogen-bond acceptors (Lipinski definition) is 6. The number of carbonyl (C=O) groups excluding carboxylic acids is 1. The molecule has 1 amide bonds. The van der Waals surface area contributed by atoms with E-state index in [1.165, 1.54) is 29.5 Å². The third kappa shape index (κ3) is 6.85. The van der Waals surface area contributed by atoms with E-state index in [2.05, 4.69) is 29.3 Å². The molecular formula is C21H25N3O4S. The van der Waals surface area contributed by atoms with Crippen molar-refractivity contribution in [3.05, 3.63) is 69.8 Å². The van der Waals surface area contributed by atoms with Crippen molar-refractivity contribution in [1.29, 1.82) is 0 Å². The van der Waals surface area contributed by atoms with Gasteiger partial charge in [-0.3, -0.25) is 19.8 Å². The van der Waals surface area contributed by atoms with E-state index in [1.54, 1.807) is 12.1 Å². The molecule has 0 aliphatic carbocycles. The summed E-state index contributed by atoms with van der Waals surface area (Å²) in [6.07, 6.45) is 0.263. The highest BCUT2D eigenvalue weighted by Crippen LogP contribution is 2.21. The molecule has 3 rings (SSSR count). The lowest BCUT2D eigenvalue weighted by Gasteiger charge is -2.31. The van der Waals surface area contributed by atoms with Crippen LogP contribution in [0.4, 0.5) is 5.69 Å². The molecule has 1 unspecified atom stereocenters. The van der Waals surface area contributed by atoms with Crippen molar-refractivity contribution < 1.29 is 14.5 Å². The third-order valence-electron chi connectivity index (χ3n) is 4.63. The highest BCUT2D eigenvalue weighted by molar-refractivity contribution is 8.00. The lowest BCUT2D eigenvalue weighted by Crippen LogP contribution is -2.40. The first kappa shape index (κ1) is 21.3. The van der Waals surface area contributed by atoms with Crippen molar-refractivity contribution in [1.82, 2.24) is 10.2 Å². The molecule has 0 saturated carbocycles. The van der Waals surface area contributed by atoms with Gasteiger partial charge in [0.05, 0.1) is 23.4 Å². The first-order valence-electron chi connectivity index (χ1n) is 9.55. The minimum Gasteiger partial charge on any atom is -0.376 e. The molecule has 0 aromatic heterocycles. The van der Waals surface area contributed by atoms with E-state index < -0.39 is 4.92 Å². The number of nitrogens with one attached hydrogen (secondary N) is 1. The Kier molecular flexibility index (Phi) is 7.62. The molecule has 1 aliphatic heterocycles. The molecule has 29 heavy (non-hydrogen) atoms. The Bertz CT molecular complexity index is 844. The van der Waals surface area contributed by atoms with Crippen molar-refractivity contribution in [2.75, 3.05) is 25.4 Å². The maximum atomic E-state index is 12.1. The van der Waals surface area contributed by atoms with Gasteiger partial charge >= 0.3 is 0 Å². The predicted molar refractivity (Wildman–Crippen MR) is 113 cm³/mol. The predicted octanol–water partition coefficient (Wildman–Crippen LogP) is 3.22. The smallest absolute Gasteiger partial charge is 0.269 e. The van der Waals surface area contributed by atoms with Crippen LogP contribution >= 0.6 is 11.8 Å². The number of non-ortho nitro benzene ring substituents is 1. The summed E-state index contributed by atoms with van der Waals surface area (Å²) in [5.74, 6) is 0.198. The fourth-order valence-corrected chi connectivity index (χ4v) is 3.92.